The molecule has 11 heteroatoms. The Labute approximate surface area is 252 Å². The number of hydrogen-bond donors (Lipinski definition) is 0. The van der Waals surface area contributed by atoms with Crippen molar-refractivity contribution in [3.8, 4) is 28.6 Å². The number of ether oxygens (including phenoxy) is 2. The molecule has 0 atom stereocenters. The Morgan fingerprint density at radius 3 is 2.25 bits per heavy atom. The number of pyridine rings is 1. The lowest BCUT2D eigenvalue weighted by atomic mass is 9.72. The smallest absolute Gasteiger partial charge is 0.411 e. The first-order valence-electron chi connectivity index (χ1n) is 14.3. The van der Waals surface area contributed by atoms with E-state index in [9.17, 15) is 14.9 Å². The van der Waals surface area contributed by atoms with E-state index >= 15 is 8.78 Å². The maximum Gasteiger partial charge on any atom is 0.411 e. The average molecular weight is 600 g/mol. The molecule has 3 fully saturated rings. The Morgan fingerprint density at radius 1 is 1.05 bits per heavy atom. The van der Waals surface area contributed by atoms with Gasteiger partial charge in [-0.25, -0.2) is 18.6 Å². The lowest BCUT2D eigenvalue weighted by Gasteiger charge is -2.42. The zero-order valence-corrected chi connectivity index (χ0v) is 25.3. The SMILES string of the molecule is COc1c(F)cc(-n2c(C34CC(CN3C(=O)OC(C)(C)C)C4)nc3c(-c4cc(C)nc(C)c4)cc(C#N)cc3c2=O)cc1F. The van der Waals surface area contributed by atoms with Crippen LogP contribution in [0.2, 0.25) is 0 Å². The van der Waals surface area contributed by atoms with Gasteiger partial charge < -0.3 is 9.47 Å². The molecule has 9 nitrogen and oxygen atoms in total. The fourth-order valence-corrected chi connectivity index (χ4v) is 6.53. The molecule has 4 aromatic rings. The average Bonchev–Trinajstić information content (AvgIpc) is 3.48. The van der Waals surface area contributed by atoms with Crippen molar-refractivity contribution in [3.05, 3.63) is 81.2 Å². The van der Waals surface area contributed by atoms with Gasteiger partial charge in [0.05, 0.1) is 35.3 Å². The predicted molar refractivity (Wildman–Crippen MR) is 159 cm³/mol. The zero-order valence-electron chi connectivity index (χ0n) is 25.3. The highest BCUT2D eigenvalue weighted by Gasteiger charge is 2.62. The zero-order chi connectivity index (χ0) is 31.7. The summed E-state index contributed by atoms with van der Waals surface area (Å²) in [6.45, 7) is 9.37. The number of methoxy groups -OCH3 is 1. The minimum absolute atomic E-state index is 0.0839. The van der Waals surface area contributed by atoms with E-state index in [1.165, 1.54) is 6.07 Å². The Balaban J connectivity index is 1.70. The number of hydrogen-bond acceptors (Lipinski definition) is 7. The number of nitrogens with zero attached hydrogens (tertiary/aromatic N) is 5. The van der Waals surface area contributed by atoms with E-state index in [0.717, 1.165) is 35.2 Å². The summed E-state index contributed by atoms with van der Waals surface area (Å²) in [6, 6.07) is 10.9. The van der Waals surface area contributed by atoms with Gasteiger partial charge in [-0.2, -0.15) is 5.26 Å². The van der Waals surface area contributed by atoms with Gasteiger partial charge >= 0.3 is 6.09 Å². The molecule has 0 radical (unpaired) electrons. The number of amides is 1. The number of aromatic nitrogens is 3. The van der Waals surface area contributed by atoms with Crippen molar-refractivity contribution < 1.29 is 23.0 Å². The molecule has 1 aliphatic carbocycles. The first-order valence-corrected chi connectivity index (χ1v) is 14.3. The van der Waals surface area contributed by atoms with Crippen molar-refractivity contribution in [2.45, 2.75) is 58.6 Å². The molecule has 1 saturated carbocycles. The summed E-state index contributed by atoms with van der Waals surface area (Å²) < 4.78 is 41.9. The quantitative estimate of drug-likeness (QED) is 0.280. The largest absolute Gasteiger partial charge is 0.491 e. The van der Waals surface area contributed by atoms with Crippen LogP contribution in [0, 0.1) is 42.7 Å². The molecule has 2 bridgehead atoms. The number of benzene rings is 2. The standard InChI is InChI=1S/C33H31F2N5O4/c1-17-7-21(8-18(2)37-17)23-9-19(15-36)10-24-27(23)38-30(33-13-20(14-33)16-39(33)31(42)44-32(3,4)5)40(29(24)41)22-11-25(34)28(43-6)26(35)12-22/h7-12,20H,13-14,16H2,1-6H3. The van der Waals surface area contributed by atoms with Gasteiger partial charge in [0.1, 0.15) is 17.0 Å². The summed E-state index contributed by atoms with van der Waals surface area (Å²) in [5.74, 6) is -2.30. The molecule has 2 aromatic carbocycles. The van der Waals surface area contributed by atoms with E-state index in [-0.39, 0.29) is 28.4 Å². The van der Waals surface area contributed by atoms with E-state index in [1.54, 1.807) is 31.7 Å². The van der Waals surface area contributed by atoms with Crippen molar-refractivity contribution in [1.82, 2.24) is 19.4 Å². The fraction of sp³-hybridized carbons (Fsp3) is 0.364. The third-order valence-electron chi connectivity index (χ3n) is 8.18. The van der Waals surface area contributed by atoms with E-state index in [0.29, 0.717) is 36.0 Å². The van der Waals surface area contributed by atoms with Gasteiger partial charge in [0.2, 0.25) is 0 Å². The van der Waals surface area contributed by atoms with Crippen LogP contribution < -0.4 is 10.3 Å². The van der Waals surface area contributed by atoms with Crippen LogP contribution in [0.15, 0.2) is 41.2 Å². The highest BCUT2D eigenvalue weighted by molar-refractivity contribution is 5.95. The number of fused-ring (bicyclic) bond motifs is 2. The second-order valence-corrected chi connectivity index (χ2v) is 12.6. The molecule has 226 valence electrons. The summed E-state index contributed by atoms with van der Waals surface area (Å²) in [5.41, 5.74) is 0.614. The number of carbonyl (C=O) groups is 1. The van der Waals surface area contributed by atoms with E-state index < -0.39 is 40.2 Å². The van der Waals surface area contributed by atoms with Gasteiger partial charge in [-0.1, -0.05) is 0 Å². The molecule has 4 heterocycles. The Morgan fingerprint density at radius 2 is 1.68 bits per heavy atom. The van der Waals surface area contributed by atoms with Crippen molar-refractivity contribution >= 4 is 17.0 Å². The minimum atomic E-state index is -1.07. The fourth-order valence-electron chi connectivity index (χ4n) is 6.53. The first-order chi connectivity index (χ1) is 20.7. The molecule has 0 spiro atoms. The molecule has 1 amide bonds. The molecular weight excluding hydrogens is 568 g/mol. The summed E-state index contributed by atoms with van der Waals surface area (Å²) in [4.78, 5) is 39.1. The summed E-state index contributed by atoms with van der Waals surface area (Å²) in [5, 5.41) is 9.97. The van der Waals surface area contributed by atoms with Crippen LogP contribution in [0.4, 0.5) is 13.6 Å². The maximum atomic E-state index is 15.1. The minimum Gasteiger partial charge on any atom is -0.491 e. The number of carbonyl (C=O) groups excluding carboxylic acids is 1. The van der Waals surface area contributed by atoms with Crippen molar-refractivity contribution in [2.75, 3.05) is 13.7 Å². The molecule has 2 aliphatic heterocycles. The second-order valence-electron chi connectivity index (χ2n) is 12.6. The molecule has 7 rings (SSSR count). The lowest BCUT2D eigenvalue weighted by molar-refractivity contribution is 0.00315. The normalized spacial score (nSPS) is 19.1. The maximum absolute atomic E-state index is 15.1. The van der Waals surface area contributed by atoms with Crippen molar-refractivity contribution in [3.63, 3.8) is 0 Å². The van der Waals surface area contributed by atoms with Gasteiger partial charge in [-0.15, -0.1) is 0 Å². The Kier molecular flexibility index (Phi) is 6.72. The number of nitriles is 1. The predicted octanol–water partition coefficient (Wildman–Crippen LogP) is 6.08. The van der Waals surface area contributed by atoms with Crippen LogP contribution in [0.5, 0.6) is 5.75 Å². The van der Waals surface area contributed by atoms with Gasteiger partial charge in [-0.3, -0.25) is 19.2 Å². The molecule has 3 aliphatic rings. The van der Waals surface area contributed by atoms with Gasteiger partial charge in [0, 0.05) is 35.6 Å². The van der Waals surface area contributed by atoms with Gasteiger partial charge in [-0.05, 0) is 83.2 Å². The lowest BCUT2D eigenvalue weighted by Crippen LogP contribution is -2.50. The third kappa shape index (κ3) is 4.65. The highest BCUT2D eigenvalue weighted by Crippen LogP contribution is 2.57. The molecule has 2 aromatic heterocycles. The monoisotopic (exact) mass is 599 g/mol. The summed E-state index contributed by atoms with van der Waals surface area (Å²) in [6.07, 6.45) is 0.417. The molecule has 0 unspecified atom stereocenters. The topological polar surface area (TPSA) is 110 Å². The van der Waals surface area contributed by atoms with Crippen LogP contribution in [0.25, 0.3) is 27.7 Å². The van der Waals surface area contributed by atoms with Gasteiger partial charge in [0.15, 0.2) is 17.4 Å². The van der Waals surface area contributed by atoms with Crippen LogP contribution in [0.1, 0.15) is 56.4 Å². The third-order valence-corrected chi connectivity index (χ3v) is 8.18. The number of halogens is 2. The van der Waals surface area contributed by atoms with E-state index in [1.807, 2.05) is 26.0 Å². The van der Waals surface area contributed by atoms with Crippen LogP contribution >= 0.6 is 0 Å². The highest BCUT2D eigenvalue weighted by atomic mass is 19.1. The number of aryl methyl sites for hydroxylation is 2. The van der Waals surface area contributed by atoms with E-state index in [4.69, 9.17) is 14.5 Å². The second kappa shape index (κ2) is 10.1. The number of rotatable bonds is 4. The molecule has 0 N–H and O–H groups in total. The van der Waals surface area contributed by atoms with E-state index in [2.05, 4.69) is 11.1 Å². The van der Waals surface area contributed by atoms with Crippen LogP contribution in [0.3, 0.4) is 0 Å². The Bertz CT molecular complexity index is 1930. The molecular formula is C33H31F2N5O4. The van der Waals surface area contributed by atoms with Crippen molar-refractivity contribution in [2.24, 2.45) is 5.92 Å². The van der Waals surface area contributed by atoms with Gasteiger partial charge in [0.25, 0.3) is 5.56 Å². The first kappa shape index (κ1) is 29.2. The summed E-state index contributed by atoms with van der Waals surface area (Å²) in [7, 11) is 1.15. The van der Waals surface area contributed by atoms with Crippen LogP contribution in [-0.2, 0) is 10.3 Å². The van der Waals surface area contributed by atoms with Crippen molar-refractivity contribution in [1.29, 1.82) is 5.26 Å². The summed E-state index contributed by atoms with van der Waals surface area (Å²) >= 11 is 0. The van der Waals surface area contributed by atoms with Crippen LogP contribution in [-0.4, -0.2) is 44.8 Å². The Hall–Kier alpha value is -4.85. The molecule has 2 saturated heterocycles. The molecule has 44 heavy (non-hydrogen) atoms.